The maximum atomic E-state index is 12.6. The number of nitrogens with zero attached hydrogens (tertiary/aromatic N) is 3. The standard InChI is InChI=1S/C22H19N5OS/c28-22-23-10-20(27(22)16-7-8-17-18(9-16)25-12-24-17)14-3-1-13(2-4-14)19-11-29-21(26-19)15-5-6-15/h1-4,7-9,11-12,15,20H,5-6,10H2,(H,23,28)(H,24,25). The molecule has 3 heterocycles. The van der Waals surface area contributed by atoms with Crippen LogP contribution in [-0.2, 0) is 0 Å². The smallest absolute Gasteiger partial charge is 0.322 e. The van der Waals surface area contributed by atoms with E-state index in [0.29, 0.717) is 12.5 Å². The van der Waals surface area contributed by atoms with Crippen LogP contribution < -0.4 is 10.2 Å². The first kappa shape index (κ1) is 16.7. The number of hydrogen-bond acceptors (Lipinski definition) is 4. The van der Waals surface area contributed by atoms with Gasteiger partial charge in [0.2, 0.25) is 0 Å². The Morgan fingerprint density at radius 2 is 1.97 bits per heavy atom. The zero-order valence-corrected chi connectivity index (χ0v) is 16.4. The molecule has 2 N–H and O–H groups in total. The zero-order chi connectivity index (χ0) is 19.4. The second-order valence-electron chi connectivity index (χ2n) is 7.64. The maximum absolute atomic E-state index is 12.6. The molecule has 29 heavy (non-hydrogen) atoms. The molecule has 6 rings (SSSR count). The highest BCUT2D eigenvalue weighted by atomic mass is 32.1. The summed E-state index contributed by atoms with van der Waals surface area (Å²) in [6.07, 6.45) is 4.21. The van der Waals surface area contributed by atoms with Gasteiger partial charge in [0.05, 0.1) is 34.1 Å². The fourth-order valence-electron chi connectivity index (χ4n) is 3.95. The third kappa shape index (κ3) is 2.89. The third-order valence-electron chi connectivity index (χ3n) is 5.70. The molecule has 2 fully saturated rings. The van der Waals surface area contributed by atoms with Crippen LogP contribution in [0.15, 0.2) is 54.2 Å². The van der Waals surface area contributed by atoms with Crippen LogP contribution in [0.5, 0.6) is 0 Å². The van der Waals surface area contributed by atoms with Gasteiger partial charge in [-0.1, -0.05) is 24.3 Å². The highest BCUT2D eigenvalue weighted by Gasteiger charge is 2.33. The second-order valence-corrected chi connectivity index (χ2v) is 8.53. The average molecular weight is 401 g/mol. The van der Waals surface area contributed by atoms with Gasteiger partial charge in [0, 0.05) is 29.1 Å². The molecule has 1 unspecified atom stereocenters. The molecule has 144 valence electrons. The molecule has 2 aliphatic rings. The summed E-state index contributed by atoms with van der Waals surface area (Å²) in [6, 6.07) is 14.2. The van der Waals surface area contributed by atoms with Crippen LogP contribution in [0.1, 0.15) is 35.4 Å². The quantitative estimate of drug-likeness (QED) is 0.514. The van der Waals surface area contributed by atoms with E-state index in [1.807, 2.05) is 23.1 Å². The number of urea groups is 1. The molecular weight excluding hydrogens is 382 g/mol. The molecule has 2 aromatic carbocycles. The number of anilines is 1. The van der Waals surface area contributed by atoms with Crippen molar-refractivity contribution in [3.05, 3.63) is 64.7 Å². The molecule has 2 aromatic heterocycles. The number of imidazole rings is 1. The molecule has 1 saturated heterocycles. The highest BCUT2D eigenvalue weighted by Crippen LogP contribution is 2.42. The topological polar surface area (TPSA) is 73.9 Å². The Kier molecular flexibility index (Phi) is 3.70. The van der Waals surface area contributed by atoms with Gasteiger partial charge >= 0.3 is 6.03 Å². The number of rotatable bonds is 4. The minimum absolute atomic E-state index is 0.0506. The van der Waals surface area contributed by atoms with Crippen molar-refractivity contribution in [2.75, 3.05) is 11.4 Å². The van der Waals surface area contributed by atoms with E-state index in [-0.39, 0.29) is 12.1 Å². The van der Waals surface area contributed by atoms with E-state index in [2.05, 4.69) is 44.9 Å². The molecule has 1 aliphatic carbocycles. The van der Waals surface area contributed by atoms with E-state index >= 15 is 0 Å². The summed E-state index contributed by atoms with van der Waals surface area (Å²) in [4.78, 5) is 26.6. The van der Waals surface area contributed by atoms with Gasteiger partial charge in [-0.25, -0.2) is 14.8 Å². The van der Waals surface area contributed by atoms with Crippen molar-refractivity contribution < 1.29 is 4.79 Å². The molecule has 4 aromatic rings. The van der Waals surface area contributed by atoms with Crippen LogP contribution in [0.3, 0.4) is 0 Å². The molecule has 1 saturated carbocycles. The van der Waals surface area contributed by atoms with Crippen molar-refractivity contribution >= 4 is 34.1 Å². The summed E-state index contributed by atoms with van der Waals surface area (Å²) in [5.74, 6) is 0.684. The van der Waals surface area contributed by atoms with Crippen molar-refractivity contribution in [3.8, 4) is 11.3 Å². The molecule has 1 atom stereocenters. The average Bonchev–Trinajstić information content (AvgIpc) is 3.15. The lowest BCUT2D eigenvalue weighted by Crippen LogP contribution is -2.29. The summed E-state index contributed by atoms with van der Waals surface area (Å²) in [5, 5.41) is 6.38. The highest BCUT2D eigenvalue weighted by molar-refractivity contribution is 7.10. The second kappa shape index (κ2) is 6.42. The Bertz CT molecular complexity index is 1210. The van der Waals surface area contributed by atoms with E-state index in [4.69, 9.17) is 4.98 Å². The van der Waals surface area contributed by atoms with E-state index in [9.17, 15) is 4.79 Å². The van der Waals surface area contributed by atoms with E-state index in [1.54, 1.807) is 17.7 Å². The lowest BCUT2D eigenvalue weighted by Gasteiger charge is -2.23. The fraction of sp³-hybridized carbons (Fsp3) is 0.227. The van der Waals surface area contributed by atoms with Gasteiger partial charge in [-0.05, 0) is 36.6 Å². The maximum Gasteiger partial charge on any atom is 0.322 e. The lowest BCUT2D eigenvalue weighted by molar-refractivity contribution is 0.251. The van der Waals surface area contributed by atoms with Crippen LogP contribution in [0.4, 0.5) is 10.5 Å². The van der Waals surface area contributed by atoms with Crippen LogP contribution in [0.25, 0.3) is 22.3 Å². The fourth-order valence-corrected chi connectivity index (χ4v) is 4.95. The number of thiazole rings is 1. The number of hydrogen-bond donors (Lipinski definition) is 2. The van der Waals surface area contributed by atoms with Gasteiger partial charge in [-0.2, -0.15) is 0 Å². The SMILES string of the molecule is O=C1NCC(c2ccc(-c3csc(C4CC4)n3)cc2)N1c1ccc2[nH]cnc2c1. The number of carbonyl (C=O) groups excluding carboxylic acids is 1. The first-order valence-corrected chi connectivity index (χ1v) is 10.7. The minimum atomic E-state index is -0.0810. The van der Waals surface area contributed by atoms with Gasteiger partial charge in [-0.3, -0.25) is 4.90 Å². The van der Waals surface area contributed by atoms with Crippen molar-refractivity contribution in [2.45, 2.75) is 24.8 Å². The summed E-state index contributed by atoms with van der Waals surface area (Å²) >= 11 is 1.76. The molecule has 2 amide bonds. The Hall–Kier alpha value is -3.19. The van der Waals surface area contributed by atoms with E-state index < -0.39 is 0 Å². The van der Waals surface area contributed by atoms with E-state index in [1.165, 1.54) is 17.8 Å². The summed E-state index contributed by atoms with van der Waals surface area (Å²) in [7, 11) is 0. The molecular formula is C22H19N5OS. The zero-order valence-electron chi connectivity index (χ0n) is 15.6. The molecule has 0 radical (unpaired) electrons. The first-order valence-electron chi connectivity index (χ1n) is 9.82. The van der Waals surface area contributed by atoms with Gasteiger partial charge in [0.15, 0.2) is 0 Å². The Morgan fingerprint density at radius 1 is 1.10 bits per heavy atom. The summed E-state index contributed by atoms with van der Waals surface area (Å²) in [5.41, 5.74) is 5.94. The lowest BCUT2D eigenvalue weighted by atomic mass is 10.0. The van der Waals surface area contributed by atoms with Crippen molar-refractivity contribution in [3.63, 3.8) is 0 Å². The molecule has 0 spiro atoms. The normalized spacial score (nSPS) is 19.1. The summed E-state index contributed by atoms with van der Waals surface area (Å²) in [6.45, 7) is 0.583. The molecule has 7 heteroatoms. The van der Waals surface area contributed by atoms with Crippen molar-refractivity contribution in [1.82, 2.24) is 20.3 Å². The van der Waals surface area contributed by atoms with E-state index in [0.717, 1.165) is 33.5 Å². The van der Waals surface area contributed by atoms with Crippen molar-refractivity contribution in [2.24, 2.45) is 0 Å². The number of fused-ring (bicyclic) bond motifs is 1. The molecule has 1 aliphatic heterocycles. The predicted molar refractivity (Wildman–Crippen MR) is 114 cm³/mol. The van der Waals surface area contributed by atoms with Gasteiger partial charge in [-0.15, -0.1) is 11.3 Å². The largest absolute Gasteiger partial charge is 0.345 e. The van der Waals surface area contributed by atoms with Gasteiger partial charge in [0.25, 0.3) is 0 Å². The van der Waals surface area contributed by atoms with Gasteiger partial charge in [0.1, 0.15) is 0 Å². The minimum Gasteiger partial charge on any atom is -0.345 e. The monoisotopic (exact) mass is 401 g/mol. The third-order valence-corrected chi connectivity index (χ3v) is 6.71. The van der Waals surface area contributed by atoms with Crippen LogP contribution in [-0.4, -0.2) is 27.5 Å². The number of benzene rings is 2. The first-order chi connectivity index (χ1) is 14.3. The number of amides is 2. The number of carbonyl (C=O) groups is 1. The van der Waals surface area contributed by atoms with Gasteiger partial charge < -0.3 is 10.3 Å². The van der Waals surface area contributed by atoms with Crippen LogP contribution in [0, 0.1) is 0 Å². The molecule has 0 bridgehead atoms. The number of H-pyrrole nitrogens is 1. The number of aromatic amines is 1. The molecule has 6 nitrogen and oxygen atoms in total. The Balaban J connectivity index is 1.30. The number of aromatic nitrogens is 3. The van der Waals surface area contributed by atoms with Crippen LogP contribution in [0.2, 0.25) is 0 Å². The Labute approximate surface area is 171 Å². The summed E-state index contributed by atoms with van der Waals surface area (Å²) < 4.78 is 0. The number of nitrogens with one attached hydrogen (secondary N) is 2. The Morgan fingerprint density at radius 3 is 2.79 bits per heavy atom. The predicted octanol–water partition coefficient (Wildman–Crippen LogP) is 4.83. The van der Waals surface area contributed by atoms with Crippen molar-refractivity contribution in [1.29, 1.82) is 0 Å². The van der Waals surface area contributed by atoms with Crippen LogP contribution >= 0.6 is 11.3 Å².